The van der Waals surface area contributed by atoms with Crippen LogP contribution in [0.4, 0.5) is 5.69 Å². The van der Waals surface area contributed by atoms with Crippen LogP contribution in [0.15, 0.2) is 35.7 Å². The molecule has 0 aliphatic carbocycles. The molecular weight excluding hydrogens is 378 g/mol. The van der Waals surface area contributed by atoms with E-state index in [-0.39, 0.29) is 23.6 Å². The molecule has 2 aliphatic rings. The van der Waals surface area contributed by atoms with E-state index in [0.717, 1.165) is 41.9 Å². The van der Waals surface area contributed by atoms with Crippen molar-refractivity contribution in [3.8, 4) is 11.9 Å². The molecule has 1 fully saturated rings. The van der Waals surface area contributed by atoms with Gasteiger partial charge in [-0.25, -0.2) is 4.68 Å². The van der Waals surface area contributed by atoms with Gasteiger partial charge in [0.15, 0.2) is 0 Å². The van der Waals surface area contributed by atoms with E-state index < -0.39 is 0 Å². The molecule has 4 rings (SSSR count). The number of nitrogens with two attached hydrogens (primary N) is 1. The Balaban J connectivity index is 1.81. The van der Waals surface area contributed by atoms with Crippen LogP contribution >= 0.6 is 0 Å². The van der Waals surface area contributed by atoms with Gasteiger partial charge in [0.1, 0.15) is 11.6 Å². The number of nitrogens with zero attached hydrogens (tertiary/aromatic N) is 4. The Labute approximate surface area is 176 Å². The number of benzene rings is 1. The monoisotopic (exact) mass is 405 g/mol. The summed E-state index contributed by atoms with van der Waals surface area (Å²) in [6.07, 6.45) is 2.56. The first kappa shape index (κ1) is 20.0. The maximum absolute atomic E-state index is 12.3. The molecule has 30 heavy (non-hydrogen) atoms. The molecule has 1 unspecified atom stereocenters. The van der Waals surface area contributed by atoms with Crippen molar-refractivity contribution in [2.45, 2.75) is 58.4 Å². The SMILES string of the molecule is CCn1nc(C(C)C)c2c1OC(N)=C(C#N)C2c1ccc(N2CCCCC2=O)cc1. The summed E-state index contributed by atoms with van der Waals surface area (Å²) in [7, 11) is 0. The summed E-state index contributed by atoms with van der Waals surface area (Å²) in [5, 5.41) is 14.6. The number of amides is 1. The van der Waals surface area contributed by atoms with Crippen molar-refractivity contribution in [3.05, 3.63) is 52.5 Å². The van der Waals surface area contributed by atoms with Crippen molar-refractivity contribution in [1.29, 1.82) is 5.26 Å². The van der Waals surface area contributed by atoms with E-state index in [9.17, 15) is 10.1 Å². The molecule has 1 aromatic carbocycles. The average molecular weight is 406 g/mol. The molecule has 2 N–H and O–H groups in total. The Hall–Kier alpha value is -3.27. The number of piperidine rings is 1. The maximum atomic E-state index is 12.3. The van der Waals surface area contributed by atoms with Gasteiger partial charge in [-0.05, 0) is 43.4 Å². The van der Waals surface area contributed by atoms with E-state index in [0.29, 0.717) is 24.4 Å². The second kappa shape index (κ2) is 7.86. The van der Waals surface area contributed by atoms with Gasteiger partial charge in [-0.2, -0.15) is 10.4 Å². The number of ether oxygens (including phenoxy) is 1. The molecule has 7 nitrogen and oxygen atoms in total. The van der Waals surface area contributed by atoms with Gasteiger partial charge in [0.2, 0.25) is 17.7 Å². The van der Waals surface area contributed by atoms with Gasteiger partial charge in [0, 0.05) is 25.2 Å². The summed E-state index contributed by atoms with van der Waals surface area (Å²) >= 11 is 0. The zero-order valence-electron chi connectivity index (χ0n) is 17.7. The Kier molecular flexibility index (Phi) is 5.25. The number of aromatic nitrogens is 2. The van der Waals surface area contributed by atoms with Gasteiger partial charge in [0.25, 0.3) is 0 Å². The first-order valence-electron chi connectivity index (χ1n) is 10.5. The zero-order valence-corrected chi connectivity index (χ0v) is 17.7. The number of fused-ring (bicyclic) bond motifs is 1. The lowest BCUT2D eigenvalue weighted by Gasteiger charge is -2.28. The van der Waals surface area contributed by atoms with E-state index in [1.165, 1.54) is 0 Å². The van der Waals surface area contributed by atoms with Crippen LogP contribution in [0.3, 0.4) is 0 Å². The van der Waals surface area contributed by atoms with Gasteiger partial charge >= 0.3 is 0 Å². The number of rotatable bonds is 4. The molecule has 2 aliphatic heterocycles. The second-order valence-corrected chi connectivity index (χ2v) is 8.09. The fraction of sp³-hybridized carbons (Fsp3) is 0.435. The Morgan fingerprint density at radius 1 is 1.30 bits per heavy atom. The molecule has 0 bridgehead atoms. The standard InChI is InChI=1S/C23H27N5O2/c1-4-28-23-20(21(26-28)14(2)3)19(17(13-24)22(25)30-23)15-8-10-16(11-9-15)27-12-6-5-7-18(27)29/h8-11,14,19H,4-7,12,25H2,1-3H3. The molecule has 1 aromatic heterocycles. The number of hydrogen-bond acceptors (Lipinski definition) is 5. The fourth-order valence-electron chi connectivity index (χ4n) is 4.32. The smallest absolute Gasteiger partial charge is 0.226 e. The molecular formula is C23H27N5O2. The van der Waals surface area contributed by atoms with Gasteiger partial charge < -0.3 is 15.4 Å². The minimum Gasteiger partial charge on any atom is -0.422 e. The molecule has 0 radical (unpaired) electrons. The van der Waals surface area contributed by atoms with Gasteiger partial charge in [-0.1, -0.05) is 26.0 Å². The van der Waals surface area contributed by atoms with E-state index >= 15 is 0 Å². The third kappa shape index (κ3) is 3.22. The number of carbonyl (C=O) groups is 1. The minimum absolute atomic E-state index is 0.121. The maximum Gasteiger partial charge on any atom is 0.226 e. The predicted molar refractivity (Wildman–Crippen MR) is 114 cm³/mol. The molecule has 156 valence electrons. The normalized spacial score (nSPS) is 19.0. The summed E-state index contributed by atoms with van der Waals surface area (Å²) in [4.78, 5) is 14.1. The molecule has 0 saturated carbocycles. The third-order valence-electron chi connectivity index (χ3n) is 5.85. The summed E-state index contributed by atoms with van der Waals surface area (Å²) < 4.78 is 7.66. The van der Waals surface area contributed by atoms with Crippen LogP contribution in [0.5, 0.6) is 5.88 Å². The summed E-state index contributed by atoms with van der Waals surface area (Å²) in [5.41, 5.74) is 10.2. The molecule has 1 atom stereocenters. The van der Waals surface area contributed by atoms with E-state index in [2.05, 4.69) is 19.9 Å². The topological polar surface area (TPSA) is 97.2 Å². The van der Waals surface area contributed by atoms with Crippen molar-refractivity contribution >= 4 is 11.6 Å². The lowest BCUT2D eigenvalue weighted by molar-refractivity contribution is -0.119. The summed E-state index contributed by atoms with van der Waals surface area (Å²) in [5.74, 6) is 0.716. The number of anilines is 1. The van der Waals surface area contributed by atoms with Gasteiger partial charge in [0.05, 0.1) is 17.2 Å². The number of hydrogen-bond donors (Lipinski definition) is 1. The van der Waals surface area contributed by atoms with Crippen LogP contribution < -0.4 is 15.4 Å². The quantitative estimate of drug-likeness (QED) is 0.835. The highest BCUT2D eigenvalue weighted by Crippen LogP contribution is 2.45. The number of aryl methyl sites for hydroxylation is 1. The highest BCUT2D eigenvalue weighted by molar-refractivity contribution is 5.94. The van der Waals surface area contributed by atoms with Crippen LogP contribution in [-0.4, -0.2) is 22.2 Å². The number of allylic oxidation sites excluding steroid dienone is 1. The van der Waals surface area contributed by atoms with Crippen LogP contribution in [0.2, 0.25) is 0 Å². The van der Waals surface area contributed by atoms with E-state index in [1.54, 1.807) is 4.68 Å². The van der Waals surface area contributed by atoms with Crippen molar-refractivity contribution in [1.82, 2.24) is 9.78 Å². The first-order chi connectivity index (χ1) is 14.5. The van der Waals surface area contributed by atoms with Crippen LogP contribution in [0.25, 0.3) is 0 Å². The van der Waals surface area contributed by atoms with Crippen molar-refractivity contribution < 1.29 is 9.53 Å². The van der Waals surface area contributed by atoms with Crippen LogP contribution in [-0.2, 0) is 11.3 Å². The van der Waals surface area contributed by atoms with Crippen LogP contribution in [0, 0.1) is 11.3 Å². The largest absolute Gasteiger partial charge is 0.422 e. The molecule has 3 heterocycles. The van der Waals surface area contributed by atoms with Crippen molar-refractivity contribution in [2.24, 2.45) is 5.73 Å². The molecule has 1 saturated heterocycles. The first-order valence-corrected chi connectivity index (χ1v) is 10.5. The summed E-state index contributed by atoms with van der Waals surface area (Å²) in [6.45, 7) is 7.56. The number of nitriles is 1. The lowest BCUT2D eigenvalue weighted by atomic mass is 9.82. The second-order valence-electron chi connectivity index (χ2n) is 8.09. The molecule has 1 amide bonds. The van der Waals surface area contributed by atoms with Crippen molar-refractivity contribution in [2.75, 3.05) is 11.4 Å². The lowest BCUT2D eigenvalue weighted by Crippen LogP contribution is -2.35. The minimum atomic E-state index is -0.345. The summed E-state index contributed by atoms with van der Waals surface area (Å²) in [6, 6.07) is 10.1. The van der Waals surface area contributed by atoms with E-state index in [1.807, 2.05) is 36.1 Å². The van der Waals surface area contributed by atoms with Gasteiger partial charge in [-0.15, -0.1) is 0 Å². The molecule has 0 spiro atoms. The molecule has 7 heteroatoms. The highest BCUT2D eigenvalue weighted by atomic mass is 16.5. The average Bonchev–Trinajstić information content (AvgIpc) is 3.11. The Bertz CT molecular complexity index is 1040. The third-order valence-corrected chi connectivity index (χ3v) is 5.85. The van der Waals surface area contributed by atoms with Crippen LogP contribution in [0.1, 0.15) is 68.7 Å². The van der Waals surface area contributed by atoms with Crippen molar-refractivity contribution in [3.63, 3.8) is 0 Å². The fourth-order valence-corrected chi connectivity index (χ4v) is 4.32. The Morgan fingerprint density at radius 3 is 2.63 bits per heavy atom. The predicted octanol–water partition coefficient (Wildman–Crippen LogP) is 3.76. The van der Waals surface area contributed by atoms with E-state index in [4.69, 9.17) is 15.6 Å². The number of carbonyl (C=O) groups excluding carboxylic acids is 1. The molecule has 2 aromatic rings. The highest BCUT2D eigenvalue weighted by Gasteiger charge is 2.37. The Morgan fingerprint density at radius 2 is 2.03 bits per heavy atom. The van der Waals surface area contributed by atoms with Gasteiger partial charge in [-0.3, -0.25) is 4.79 Å². The zero-order chi connectivity index (χ0) is 21.4.